The SMILES string of the molecule is CCC(=O)c1cc(C(=O)C[C@@H]2C[C@H]2COC)cc2c1OCC2(CC)c1ccccc1. The predicted octanol–water partition coefficient (Wildman–Crippen LogP) is 5.22. The lowest BCUT2D eigenvalue weighted by Gasteiger charge is -2.27. The van der Waals surface area contributed by atoms with E-state index in [9.17, 15) is 9.59 Å². The number of benzene rings is 2. The van der Waals surface area contributed by atoms with Gasteiger partial charge >= 0.3 is 0 Å². The number of Topliss-reactive ketones (excluding diaryl/α,β-unsaturated/α-hetero) is 2. The highest BCUT2D eigenvalue weighted by molar-refractivity contribution is 6.04. The van der Waals surface area contributed by atoms with Crippen molar-refractivity contribution in [3.05, 3.63) is 64.7 Å². The predicted molar refractivity (Wildman–Crippen MR) is 116 cm³/mol. The molecule has 0 bridgehead atoms. The van der Waals surface area contributed by atoms with Crippen LogP contribution < -0.4 is 4.74 Å². The molecule has 1 heterocycles. The topological polar surface area (TPSA) is 52.6 Å². The summed E-state index contributed by atoms with van der Waals surface area (Å²) >= 11 is 0. The number of fused-ring (bicyclic) bond motifs is 1. The van der Waals surface area contributed by atoms with Crippen LogP contribution in [0.25, 0.3) is 0 Å². The molecule has 1 aliphatic heterocycles. The van der Waals surface area contributed by atoms with Gasteiger partial charge < -0.3 is 9.47 Å². The molecule has 0 radical (unpaired) electrons. The Morgan fingerprint density at radius 2 is 1.87 bits per heavy atom. The van der Waals surface area contributed by atoms with Crippen LogP contribution in [0.1, 0.15) is 71.4 Å². The van der Waals surface area contributed by atoms with Gasteiger partial charge in [0.15, 0.2) is 11.6 Å². The summed E-state index contributed by atoms with van der Waals surface area (Å²) in [5, 5.41) is 0. The zero-order valence-electron chi connectivity index (χ0n) is 18.1. The van der Waals surface area contributed by atoms with Crippen LogP contribution in [0.2, 0.25) is 0 Å². The van der Waals surface area contributed by atoms with Gasteiger partial charge in [0.25, 0.3) is 0 Å². The summed E-state index contributed by atoms with van der Waals surface area (Å²) in [7, 11) is 1.70. The minimum atomic E-state index is -0.339. The van der Waals surface area contributed by atoms with Crippen molar-refractivity contribution >= 4 is 11.6 Å². The van der Waals surface area contributed by atoms with E-state index in [1.807, 2.05) is 31.2 Å². The van der Waals surface area contributed by atoms with Crippen LogP contribution in [0, 0.1) is 11.8 Å². The van der Waals surface area contributed by atoms with Crippen LogP contribution in [0.15, 0.2) is 42.5 Å². The molecule has 0 spiro atoms. The molecule has 158 valence electrons. The maximum Gasteiger partial charge on any atom is 0.166 e. The van der Waals surface area contributed by atoms with Gasteiger partial charge in [0.2, 0.25) is 0 Å². The van der Waals surface area contributed by atoms with Crippen molar-refractivity contribution in [3.63, 3.8) is 0 Å². The Morgan fingerprint density at radius 3 is 2.53 bits per heavy atom. The van der Waals surface area contributed by atoms with Gasteiger partial charge in [-0.05, 0) is 42.4 Å². The van der Waals surface area contributed by atoms with Gasteiger partial charge in [0.05, 0.1) is 11.0 Å². The van der Waals surface area contributed by atoms with Crippen LogP contribution in [-0.2, 0) is 10.2 Å². The average Bonchev–Trinajstić information content (AvgIpc) is 3.39. The maximum absolute atomic E-state index is 13.2. The highest BCUT2D eigenvalue weighted by Crippen LogP contribution is 2.49. The lowest BCUT2D eigenvalue weighted by molar-refractivity contribution is 0.0970. The van der Waals surface area contributed by atoms with Gasteiger partial charge in [-0.1, -0.05) is 44.2 Å². The summed E-state index contributed by atoms with van der Waals surface area (Å²) in [5.41, 5.74) is 2.98. The van der Waals surface area contributed by atoms with E-state index < -0.39 is 0 Å². The lowest BCUT2D eigenvalue weighted by atomic mass is 9.73. The van der Waals surface area contributed by atoms with E-state index in [-0.39, 0.29) is 17.0 Å². The molecule has 2 aromatic carbocycles. The summed E-state index contributed by atoms with van der Waals surface area (Å²) in [5.74, 6) is 1.65. The molecule has 2 aromatic rings. The van der Waals surface area contributed by atoms with Gasteiger partial charge in [-0.3, -0.25) is 9.59 Å². The maximum atomic E-state index is 13.2. The van der Waals surface area contributed by atoms with Crippen molar-refractivity contribution in [3.8, 4) is 5.75 Å². The highest BCUT2D eigenvalue weighted by Gasteiger charge is 2.44. The third kappa shape index (κ3) is 3.58. The van der Waals surface area contributed by atoms with Crippen LogP contribution in [0.4, 0.5) is 0 Å². The van der Waals surface area contributed by atoms with Crippen molar-refractivity contribution in [1.29, 1.82) is 0 Å². The molecular weight excluding hydrogens is 376 g/mol. The summed E-state index contributed by atoms with van der Waals surface area (Å²) in [6.07, 6.45) is 2.77. The molecule has 4 rings (SSSR count). The minimum Gasteiger partial charge on any atom is -0.491 e. The first kappa shape index (κ1) is 20.8. The number of methoxy groups -OCH3 is 1. The summed E-state index contributed by atoms with van der Waals surface area (Å²) in [4.78, 5) is 25.9. The van der Waals surface area contributed by atoms with Crippen molar-refractivity contribution in [1.82, 2.24) is 0 Å². The van der Waals surface area contributed by atoms with Crippen LogP contribution in [0.5, 0.6) is 5.75 Å². The minimum absolute atomic E-state index is 0.0181. The molecule has 1 saturated carbocycles. The molecule has 0 aromatic heterocycles. The van der Waals surface area contributed by atoms with Gasteiger partial charge in [-0.15, -0.1) is 0 Å². The Hall–Kier alpha value is -2.46. The molecule has 3 atom stereocenters. The number of carbonyl (C=O) groups excluding carboxylic acids is 2. The normalized spacial score (nSPS) is 24.2. The van der Waals surface area contributed by atoms with Crippen LogP contribution in [-0.4, -0.2) is 31.9 Å². The van der Waals surface area contributed by atoms with E-state index in [1.54, 1.807) is 13.2 Å². The third-order valence-corrected chi connectivity index (χ3v) is 6.84. The Bertz CT molecular complexity index is 949. The quantitative estimate of drug-likeness (QED) is 0.536. The second kappa shape index (κ2) is 8.35. The molecule has 0 amide bonds. The van der Waals surface area contributed by atoms with E-state index >= 15 is 0 Å². The van der Waals surface area contributed by atoms with Crippen LogP contribution in [0.3, 0.4) is 0 Å². The monoisotopic (exact) mass is 406 g/mol. The number of hydrogen-bond donors (Lipinski definition) is 0. The van der Waals surface area contributed by atoms with Crippen molar-refractivity contribution in [2.75, 3.05) is 20.3 Å². The summed E-state index contributed by atoms with van der Waals surface area (Å²) in [6.45, 7) is 5.19. The molecule has 2 aliphatic rings. The summed E-state index contributed by atoms with van der Waals surface area (Å²) in [6, 6.07) is 14.0. The Labute approximate surface area is 178 Å². The number of ether oxygens (including phenoxy) is 2. The fourth-order valence-electron chi connectivity index (χ4n) is 4.80. The number of hydrogen-bond acceptors (Lipinski definition) is 4. The van der Waals surface area contributed by atoms with Gasteiger partial charge in [0, 0.05) is 37.7 Å². The van der Waals surface area contributed by atoms with Gasteiger partial charge in [-0.2, -0.15) is 0 Å². The molecule has 30 heavy (non-hydrogen) atoms. The lowest BCUT2D eigenvalue weighted by Crippen LogP contribution is -2.28. The molecule has 1 unspecified atom stereocenters. The van der Waals surface area contributed by atoms with E-state index in [0.717, 1.165) is 24.0 Å². The number of carbonyl (C=O) groups is 2. The first-order valence-corrected chi connectivity index (χ1v) is 11.0. The second-order valence-corrected chi connectivity index (χ2v) is 8.61. The molecular formula is C26H30O4. The highest BCUT2D eigenvalue weighted by atomic mass is 16.5. The van der Waals surface area contributed by atoms with E-state index in [1.165, 1.54) is 0 Å². The molecule has 4 heteroatoms. The zero-order valence-corrected chi connectivity index (χ0v) is 18.1. The Kier molecular flexibility index (Phi) is 5.79. The van der Waals surface area contributed by atoms with E-state index in [4.69, 9.17) is 9.47 Å². The average molecular weight is 407 g/mol. The molecule has 4 nitrogen and oxygen atoms in total. The molecule has 0 saturated heterocycles. The largest absolute Gasteiger partial charge is 0.491 e. The fourth-order valence-corrected chi connectivity index (χ4v) is 4.80. The second-order valence-electron chi connectivity index (χ2n) is 8.61. The molecule has 0 N–H and O–H groups in total. The standard InChI is InChI=1S/C26H30O4/c1-4-23(27)21-12-18(24(28)14-17-11-19(17)15-29-3)13-22-25(21)30-16-26(22,5-2)20-9-7-6-8-10-20/h6-10,12-13,17,19H,4-5,11,14-16H2,1-3H3/t17-,19-,26?/m0/s1. The molecule has 1 fully saturated rings. The zero-order chi connectivity index (χ0) is 21.3. The van der Waals surface area contributed by atoms with E-state index in [0.29, 0.717) is 54.8 Å². The number of ketones is 2. The first-order chi connectivity index (χ1) is 14.5. The van der Waals surface area contributed by atoms with Crippen LogP contribution >= 0.6 is 0 Å². The van der Waals surface area contributed by atoms with Crippen molar-refractivity contribution in [2.45, 2.75) is 44.9 Å². The Morgan fingerprint density at radius 1 is 1.10 bits per heavy atom. The first-order valence-electron chi connectivity index (χ1n) is 11.0. The summed E-state index contributed by atoms with van der Waals surface area (Å²) < 4.78 is 11.4. The third-order valence-electron chi connectivity index (χ3n) is 6.84. The van der Waals surface area contributed by atoms with Crippen molar-refractivity contribution < 1.29 is 19.1 Å². The number of rotatable bonds is 9. The van der Waals surface area contributed by atoms with E-state index in [2.05, 4.69) is 19.1 Å². The van der Waals surface area contributed by atoms with Crippen molar-refractivity contribution in [2.24, 2.45) is 11.8 Å². The van der Waals surface area contributed by atoms with Gasteiger partial charge in [-0.25, -0.2) is 0 Å². The smallest absolute Gasteiger partial charge is 0.166 e. The molecule has 1 aliphatic carbocycles. The Balaban J connectivity index is 1.75. The fraction of sp³-hybridized carbons (Fsp3) is 0.462. The van der Waals surface area contributed by atoms with Gasteiger partial charge in [0.1, 0.15) is 12.4 Å².